The van der Waals surface area contributed by atoms with Crippen molar-refractivity contribution in [3.05, 3.63) is 51.1 Å². The number of hydrogen-bond donors (Lipinski definition) is 0. The number of methoxy groups -OCH3 is 1. The molecular weight excluding hydrogens is 376 g/mol. The maximum Gasteiger partial charge on any atom is 0.161 e. The molecule has 0 fully saturated rings. The molecule has 2 aromatic rings. The van der Waals surface area contributed by atoms with Crippen LogP contribution in [0.5, 0.6) is 5.75 Å². The molecule has 118 valence electrons. The molecule has 0 atom stereocenters. The van der Waals surface area contributed by atoms with Crippen LogP contribution < -0.4 is 4.74 Å². The molecule has 4 nitrogen and oxygen atoms in total. The molecule has 0 unspecified atom stereocenters. The molecule has 0 saturated carbocycles. The molecule has 1 aromatic heterocycles. The zero-order chi connectivity index (χ0) is 17.0. The van der Waals surface area contributed by atoms with Crippen LogP contribution in [0.4, 0.5) is 0 Å². The van der Waals surface area contributed by atoms with E-state index in [2.05, 4.69) is 27.0 Å². The fourth-order valence-corrected chi connectivity index (χ4v) is 3.52. The third-order valence-corrected chi connectivity index (χ3v) is 4.82. The maximum atomic E-state index is 11.6. The lowest BCUT2D eigenvalue weighted by molar-refractivity contribution is 0.101. The van der Waals surface area contributed by atoms with E-state index in [1.54, 1.807) is 20.1 Å². The van der Waals surface area contributed by atoms with Crippen LogP contribution in [0.25, 0.3) is 0 Å². The fourth-order valence-electron chi connectivity index (χ4n) is 2.14. The Hall–Kier alpha value is -1.84. The molecule has 0 amide bonds. The Bertz CT molecular complexity index is 800. The molecule has 1 heterocycles. The molecule has 6 heteroatoms. The summed E-state index contributed by atoms with van der Waals surface area (Å²) >= 11 is 4.90. The third kappa shape index (κ3) is 4.12. The zero-order valence-corrected chi connectivity index (χ0v) is 15.4. The molecule has 0 aliphatic rings. The van der Waals surface area contributed by atoms with E-state index in [1.807, 2.05) is 18.2 Å². The largest absolute Gasteiger partial charge is 0.496 e. The summed E-state index contributed by atoms with van der Waals surface area (Å²) in [5, 5.41) is 9.93. The maximum absolute atomic E-state index is 11.6. The van der Waals surface area contributed by atoms with Crippen molar-refractivity contribution in [1.82, 2.24) is 4.98 Å². The molecule has 0 N–H and O–H groups in total. The van der Waals surface area contributed by atoms with Gasteiger partial charge < -0.3 is 4.74 Å². The van der Waals surface area contributed by atoms with Crippen LogP contribution in [0, 0.1) is 18.3 Å². The van der Waals surface area contributed by atoms with Gasteiger partial charge in [-0.1, -0.05) is 15.9 Å². The van der Waals surface area contributed by atoms with Crippen molar-refractivity contribution in [1.29, 1.82) is 5.26 Å². The van der Waals surface area contributed by atoms with Crippen LogP contribution >= 0.6 is 27.7 Å². The number of carbonyl (C=O) groups excluding carboxylic acids is 1. The number of ketones is 1. The Morgan fingerprint density at radius 3 is 2.78 bits per heavy atom. The number of hydrogen-bond acceptors (Lipinski definition) is 5. The molecule has 23 heavy (non-hydrogen) atoms. The Kier molecular flexibility index (Phi) is 5.80. The van der Waals surface area contributed by atoms with E-state index >= 15 is 0 Å². The van der Waals surface area contributed by atoms with Gasteiger partial charge in [0.25, 0.3) is 0 Å². The minimum atomic E-state index is -0.0864. The van der Waals surface area contributed by atoms with E-state index in [0.29, 0.717) is 27.6 Å². The number of pyridine rings is 1. The molecular formula is C17H15BrN2O2S. The summed E-state index contributed by atoms with van der Waals surface area (Å²) in [5.74, 6) is 1.32. The molecule has 2 rings (SSSR count). The van der Waals surface area contributed by atoms with Crippen LogP contribution in [0.3, 0.4) is 0 Å². The topological polar surface area (TPSA) is 63.0 Å². The van der Waals surface area contributed by atoms with E-state index in [-0.39, 0.29) is 5.78 Å². The van der Waals surface area contributed by atoms with Crippen molar-refractivity contribution >= 4 is 33.5 Å². The van der Waals surface area contributed by atoms with Gasteiger partial charge >= 0.3 is 0 Å². The second-order valence-corrected chi connectivity index (χ2v) is 6.77. The van der Waals surface area contributed by atoms with E-state index in [4.69, 9.17) is 4.74 Å². The van der Waals surface area contributed by atoms with Crippen molar-refractivity contribution in [3.8, 4) is 11.8 Å². The molecule has 0 aliphatic heterocycles. The number of benzene rings is 1. The van der Waals surface area contributed by atoms with Gasteiger partial charge in [0.15, 0.2) is 5.78 Å². The van der Waals surface area contributed by atoms with E-state index in [9.17, 15) is 10.1 Å². The number of nitrogens with zero attached hydrogens (tertiary/aromatic N) is 2. The first-order chi connectivity index (χ1) is 11.0. The smallest absolute Gasteiger partial charge is 0.161 e. The average Bonchev–Trinajstić information content (AvgIpc) is 2.52. The number of aromatic nitrogens is 1. The number of thioether (sulfide) groups is 1. The molecule has 0 radical (unpaired) electrons. The summed E-state index contributed by atoms with van der Waals surface area (Å²) in [6, 6.07) is 9.52. The third-order valence-electron chi connectivity index (χ3n) is 3.28. The summed E-state index contributed by atoms with van der Waals surface area (Å²) in [7, 11) is 1.63. The Balaban J connectivity index is 2.31. The Morgan fingerprint density at radius 2 is 2.17 bits per heavy atom. The van der Waals surface area contributed by atoms with Gasteiger partial charge in [0, 0.05) is 27.0 Å². The van der Waals surface area contributed by atoms with Gasteiger partial charge in [0.1, 0.15) is 16.8 Å². The number of nitriles is 1. The van der Waals surface area contributed by atoms with Crippen LogP contribution in [0.1, 0.15) is 34.1 Å². The quantitative estimate of drug-likeness (QED) is 0.554. The first-order valence-electron chi connectivity index (χ1n) is 6.84. The van der Waals surface area contributed by atoms with Crippen LogP contribution in [0.2, 0.25) is 0 Å². The number of aryl methyl sites for hydroxylation is 1. The number of Topliss-reactive ketones (excluding diaryl/α,β-unsaturated/α-hetero) is 1. The van der Waals surface area contributed by atoms with Gasteiger partial charge in [-0.05, 0) is 38.1 Å². The standard InChI is InChI=1S/C17H15BrN2O2S/c1-10-15(11(2)21)7-12(8-19)17(20-10)23-9-13-6-14(18)4-5-16(13)22-3/h4-7H,9H2,1-3H3. The summed E-state index contributed by atoms with van der Waals surface area (Å²) in [6.07, 6.45) is 0. The van der Waals surface area contributed by atoms with Crippen LogP contribution in [-0.2, 0) is 5.75 Å². The van der Waals surface area contributed by atoms with Gasteiger partial charge in [0.2, 0.25) is 0 Å². The zero-order valence-electron chi connectivity index (χ0n) is 13.0. The Labute approximate surface area is 148 Å². The van der Waals surface area contributed by atoms with E-state index in [0.717, 1.165) is 15.8 Å². The molecule has 1 aromatic carbocycles. The van der Waals surface area contributed by atoms with Gasteiger partial charge in [-0.2, -0.15) is 5.26 Å². The number of carbonyl (C=O) groups is 1. The summed E-state index contributed by atoms with van der Waals surface area (Å²) in [6.45, 7) is 3.26. The lowest BCUT2D eigenvalue weighted by Gasteiger charge is -2.10. The summed E-state index contributed by atoms with van der Waals surface area (Å²) in [5.41, 5.74) is 2.55. The average molecular weight is 391 g/mol. The van der Waals surface area contributed by atoms with E-state index in [1.165, 1.54) is 18.7 Å². The predicted molar refractivity (Wildman–Crippen MR) is 93.9 cm³/mol. The lowest BCUT2D eigenvalue weighted by Crippen LogP contribution is -2.02. The highest BCUT2D eigenvalue weighted by atomic mass is 79.9. The van der Waals surface area contributed by atoms with Crippen LogP contribution in [-0.4, -0.2) is 17.9 Å². The SMILES string of the molecule is COc1ccc(Br)cc1CSc1nc(C)c(C(C)=O)cc1C#N. The fraction of sp³-hybridized carbons (Fsp3) is 0.235. The summed E-state index contributed by atoms with van der Waals surface area (Å²) in [4.78, 5) is 16.0. The van der Waals surface area contributed by atoms with Gasteiger partial charge in [-0.25, -0.2) is 4.98 Å². The second kappa shape index (κ2) is 7.62. The van der Waals surface area contributed by atoms with Gasteiger partial charge in [0.05, 0.1) is 12.7 Å². The predicted octanol–water partition coefficient (Wildman–Crippen LogP) is 4.53. The minimum Gasteiger partial charge on any atom is -0.496 e. The lowest BCUT2D eigenvalue weighted by atomic mass is 10.1. The number of ether oxygens (including phenoxy) is 1. The minimum absolute atomic E-state index is 0.0864. The van der Waals surface area contributed by atoms with Gasteiger partial charge in [-0.3, -0.25) is 4.79 Å². The van der Waals surface area contributed by atoms with Crippen molar-refractivity contribution in [2.75, 3.05) is 7.11 Å². The van der Waals surface area contributed by atoms with Crippen molar-refractivity contribution in [3.63, 3.8) is 0 Å². The molecule has 0 spiro atoms. The molecule has 0 saturated heterocycles. The normalized spacial score (nSPS) is 10.2. The number of rotatable bonds is 5. The number of halogens is 1. The highest BCUT2D eigenvalue weighted by Crippen LogP contribution is 2.31. The summed E-state index contributed by atoms with van der Waals surface area (Å²) < 4.78 is 6.32. The highest BCUT2D eigenvalue weighted by Gasteiger charge is 2.14. The van der Waals surface area contributed by atoms with E-state index < -0.39 is 0 Å². The van der Waals surface area contributed by atoms with Crippen molar-refractivity contribution < 1.29 is 9.53 Å². The van der Waals surface area contributed by atoms with Gasteiger partial charge in [-0.15, -0.1) is 11.8 Å². The highest BCUT2D eigenvalue weighted by molar-refractivity contribution is 9.10. The van der Waals surface area contributed by atoms with Crippen molar-refractivity contribution in [2.24, 2.45) is 0 Å². The molecule has 0 bridgehead atoms. The monoisotopic (exact) mass is 390 g/mol. The second-order valence-electron chi connectivity index (χ2n) is 4.89. The first-order valence-corrected chi connectivity index (χ1v) is 8.62. The molecule has 0 aliphatic carbocycles. The Morgan fingerprint density at radius 1 is 1.43 bits per heavy atom. The first kappa shape index (κ1) is 17.5. The van der Waals surface area contributed by atoms with Crippen molar-refractivity contribution in [2.45, 2.75) is 24.6 Å². The van der Waals surface area contributed by atoms with Crippen LogP contribution in [0.15, 0.2) is 33.8 Å².